The quantitative estimate of drug-likeness (QED) is 0.898. The van der Waals surface area contributed by atoms with Gasteiger partial charge >= 0.3 is 0 Å². The van der Waals surface area contributed by atoms with Gasteiger partial charge in [-0.2, -0.15) is 0 Å². The molecule has 0 amide bonds. The number of benzene rings is 1. The molecule has 2 atom stereocenters. The molecule has 1 aromatic rings. The third-order valence-electron chi connectivity index (χ3n) is 3.86. The number of likely N-dealkylation sites (tertiary alicyclic amines) is 1. The van der Waals surface area contributed by atoms with Crippen LogP contribution in [-0.2, 0) is 0 Å². The van der Waals surface area contributed by atoms with Crippen LogP contribution in [0.15, 0.2) is 18.2 Å². The molecule has 2 rings (SSSR count). The van der Waals surface area contributed by atoms with E-state index < -0.39 is 11.6 Å². The number of hydrogen-bond donors (Lipinski definition) is 1. The molecule has 1 heterocycles. The molecule has 0 radical (unpaired) electrons. The molecule has 2 unspecified atom stereocenters. The lowest BCUT2D eigenvalue weighted by Crippen LogP contribution is -2.42. The Bertz CT molecular complexity index is 377. The first kappa shape index (κ1) is 13.4. The smallest absolute Gasteiger partial charge is 0.130 e. The van der Waals surface area contributed by atoms with E-state index in [0.29, 0.717) is 6.54 Å². The first-order valence-corrected chi connectivity index (χ1v) is 6.57. The highest BCUT2D eigenvalue weighted by Gasteiger charge is 2.34. The second-order valence-corrected chi connectivity index (χ2v) is 4.85. The van der Waals surface area contributed by atoms with Gasteiger partial charge in [-0.3, -0.25) is 4.90 Å². The van der Waals surface area contributed by atoms with Crippen LogP contribution in [0.2, 0.25) is 0 Å². The lowest BCUT2D eigenvalue weighted by molar-refractivity contribution is 0.0961. The van der Waals surface area contributed by atoms with E-state index in [0.717, 1.165) is 25.9 Å². The standard InChI is InChI=1S/C14H20F2N2/c1-2-18-8-4-5-10(9-17)14(18)13-11(15)6-3-7-12(13)16/h3,6-7,10,14H,2,4-5,8-9,17H2,1H3. The monoisotopic (exact) mass is 254 g/mol. The average molecular weight is 254 g/mol. The highest BCUT2D eigenvalue weighted by Crippen LogP contribution is 2.37. The van der Waals surface area contributed by atoms with Crippen molar-refractivity contribution < 1.29 is 8.78 Å². The van der Waals surface area contributed by atoms with Crippen molar-refractivity contribution in [3.05, 3.63) is 35.4 Å². The predicted octanol–water partition coefficient (Wildman–Crippen LogP) is 2.70. The fraction of sp³-hybridized carbons (Fsp3) is 0.571. The van der Waals surface area contributed by atoms with Crippen LogP contribution in [0.25, 0.3) is 0 Å². The molecular weight excluding hydrogens is 234 g/mol. The van der Waals surface area contributed by atoms with E-state index in [4.69, 9.17) is 5.73 Å². The second kappa shape index (κ2) is 5.76. The van der Waals surface area contributed by atoms with Crippen molar-refractivity contribution in [2.45, 2.75) is 25.8 Å². The average Bonchev–Trinajstić information content (AvgIpc) is 2.38. The zero-order chi connectivity index (χ0) is 13.1. The molecule has 18 heavy (non-hydrogen) atoms. The Morgan fingerprint density at radius 2 is 2.00 bits per heavy atom. The minimum Gasteiger partial charge on any atom is -0.330 e. The van der Waals surface area contributed by atoms with Gasteiger partial charge in [-0.05, 0) is 50.5 Å². The van der Waals surface area contributed by atoms with Gasteiger partial charge < -0.3 is 5.73 Å². The van der Waals surface area contributed by atoms with Crippen molar-refractivity contribution in [1.82, 2.24) is 4.90 Å². The van der Waals surface area contributed by atoms with Crippen LogP contribution in [0.5, 0.6) is 0 Å². The van der Waals surface area contributed by atoms with Crippen LogP contribution in [0, 0.1) is 17.6 Å². The summed E-state index contributed by atoms with van der Waals surface area (Å²) in [4.78, 5) is 2.13. The number of rotatable bonds is 3. The third-order valence-corrected chi connectivity index (χ3v) is 3.86. The molecule has 1 aliphatic heterocycles. The van der Waals surface area contributed by atoms with E-state index in [-0.39, 0.29) is 17.5 Å². The molecule has 0 spiro atoms. The molecule has 1 aliphatic rings. The Balaban J connectivity index is 2.42. The zero-order valence-corrected chi connectivity index (χ0v) is 10.7. The Labute approximate surface area is 107 Å². The van der Waals surface area contributed by atoms with E-state index in [2.05, 4.69) is 4.90 Å². The molecule has 1 saturated heterocycles. The lowest BCUT2D eigenvalue weighted by Gasteiger charge is -2.41. The third kappa shape index (κ3) is 2.40. The topological polar surface area (TPSA) is 29.3 Å². The Morgan fingerprint density at radius 3 is 2.56 bits per heavy atom. The molecule has 0 saturated carbocycles. The maximum absolute atomic E-state index is 13.9. The SMILES string of the molecule is CCN1CCCC(CN)C1c1c(F)cccc1F. The van der Waals surface area contributed by atoms with E-state index in [1.54, 1.807) is 0 Å². The van der Waals surface area contributed by atoms with Crippen molar-refractivity contribution in [3.63, 3.8) is 0 Å². The first-order chi connectivity index (χ1) is 8.69. The highest BCUT2D eigenvalue weighted by molar-refractivity contribution is 5.25. The minimum absolute atomic E-state index is 0.130. The summed E-state index contributed by atoms with van der Waals surface area (Å²) < 4.78 is 27.9. The molecule has 0 aliphatic carbocycles. The largest absolute Gasteiger partial charge is 0.330 e. The van der Waals surface area contributed by atoms with Gasteiger partial charge in [0.1, 0.15) is 11.6 Å². The summed E-state index contributed by atoms with van der Waals surface area (Å²) in [5.41, 5.74) is 5.97. The Kier molecular flexibility index (Phi) is 4.30. The van der Waals surface area contributed by atoms with Gasteiger partial charge in [0.15, 0.2) is 0 Å². The first-order valence-electron chi connectivity index (χ1n) is 6.57. The summed E-state index contributed by atoms with van der Waals surface area (Å²) in [7, 11) is 0. The van der Waals surface area contributed by atoms with E-state index in [1.165, 1.54) is 18.2 Å². The van der Waals surface area contributed by atoms with Crippen LogP contribution in [-0.4, -0.2) is 24.5 Å². The normalized spacial score (nSPS) is 25.3. The molecular formula is C14H20F2N2. The van der Waals surface area contributed by atoms with Crippen molar-refractivity contribution in [2.24, 2.45) is 11.7 Å². The van der Waals surface area contributed by atoms with Crippen molar-refractivity contribution in [3.8, 4) is 0 Å². The summed E-state index contributed by atoms with van der Waals surface area (Å²) in [6, 6.07) is 3.84. The number of nitrogens with two attached hydrogens (primary N) is 1. The summed E-state index contributed by atoms with van der Waals surface area (Å²) in [6.07, 6.45) is 1.98. The fourth-order valence-electron chi connectivity index (χ4n) is 2.96. The molecule has 0 bridgehead atoms. The fourth-order valence-corrected chi connectivity index (χ4v) is 2.96. The maximum atomic E-state index is 13.9. The van der Waals surface area contributed by atoms with Crippen molar-refractivity contribution in [1.29, 1.82) is 0 Å². The van der Waals surface area contributed by atoms with Crippen molar-refractivity contribution in [2.75, 3.05) is 19.6 Å². The maximum Gasteiger partial charge on any atom is 0.130 e. The summed E-state index contributed by atoms with van der Waals surface area (Å²) in [5.74, 6) is -0.789. The number of piperidine rings is 1. The van der Waals surface area contributed by atoms with Gasteiger partial charge in [0.25, 0.3) is 0 Å². The molecule has 2 N–H and O–H groups in total. The molecule has 100 valence electrons. The van der Waals surface area contributed by atoms with Gasteiger partial charge in [0.2, 0.25) is 0 Å². The summed E-state index contributed by atoms with van der Waals surface area (Å²) in [6.45, 7) is 4.15. The van der Waals surface area contributed by atoms with Crippen LogP contribution < -0.4 is 5.73 Å². The Hall–Kier alpha value is -1.00. The van der Waals surface area contributed by atoms with Gasteiger partial charge in [0, 0.05) is 11.6 Å². The van der Waals surface area contributed by atoms with Crippen LogP contribution in [0.4, 0.5) is 8.78 Å². The number of nitrogens with zero attached hydrogens (tertiary/aromatic N) is 1. The van der Waals surface area contributed by atoms with Crippen molar-refractivity contribution >= 4 is 0 Å². The summed E-state index contributed by atoms with van der Waals surface area (Å²) >= 11 is 0. The zero-order valence-electron chi connectivity index (χ0n) is 10.7. The highest BCUT2D eigenvalue weighted by atomic mass is 19.1. The van der Waals surface area contributed by atoms with Crippen LogP contribution in [0.3, 0.4) is 0 Å². The van der Waals surface area contributed by atoms with Gasteiger partial charge in [-0.1, -0.05) is 13.0 Å². The molecule has 0 aromatic heterocycles. The molecule has 1 aromatic carbocycles. The minimum atomic E-state index is -0.459. The van der Waals surface area contributed by atoms with Crippen LogP contribution >= 0.6 is 0 Å². The second-order valence-electron chi connectivity index (χ2n) is 4.85. The Morgan fingerprint density at radius 1 is 1.33 bits per heavy atom. The lowest BCUT2D eigenvalue weighted by atomic mass is 9.84. The van der Waals surface area contributed by atoms with Gasteiger partial charge in [-0.25, -0.2) is 8.78 Å². The number of halogens is 2. The van der Waals surface area contributed by atoms with Crippen LogP contribution in [0.1, 0.15) is 31.4 Å². The molecule has 1 fully saturated rings. The molecule has 4 heteroatoms. The number of hydrogen-bond acceptors (Lipinski definition) is 2. The van der Waals surface area contributed by atoms with Gasteiger partial charge in [0.05, 0.1) is 0 Å². The van der Waals surface area contributed by atoms with E-state index >= 15 is 0 Å². The van der Waals surface area contributed by atoms with E-state index in [9.17, 15) is 8.78 Å². The summed E-state index contributed by atoms with van der Waals surface area (Å²) in [5, 5.41) is 0. The predicted molar refractivity (Wildman–Crippen MR) is 68.1 cm³/mol. The van der Waals surface area contributed by atoms with Gasteiger partial charge in [-0.15, -0.1) is 0 Å². The molecule has 2 nitrogen and oxygen atoms in total. The van der Waals surface area contributed by atoms with E-state index in [1.807, 2.05) is 6.92 Å².